The fourth-order valence-electron chi connectivity index (χ4n) is 2.47. The number of nitrogens with two attached hydrogens (primary N) is 1. The van der Waals surface area contributed by atoms with E-state index in [9.17, 15) is 14.7 Å². The van der Waals surface area contributed by atoms with Crippen LogP contribution in [0.2, 0.25) is 0 Å². The smallest absolute Gasteiger partial charge is 0.311 e. The molecule has 19 heavy (non-hydrogen) atoms. The van der Waals surface area contributed by atoms with Crippen LogP contribution in [-0.4, -0.2) is 28.0 Å². The Morgan fingerprint density at radius 2 is 2.42 bits per heavy atom. The highest BCUT2D eigenvalue weighted by Gasteiger charge is 2.45. The maximum Gasteiger partial charge on any atom is 0.311 e. The molecule has 1 aromatic rings. The second-order valence-corrected chi connectivity index (χ2v) is 5.98. The molecule has 2 atom stereocenters. The van der Waals surface area contributed by atoms with Crippen molar-refractivity contribution in [3.05, 3.63) is 11.1 Å². The second kappa shape index (κ2) is 5.16. The lowest BCUT2D eigenvalue weighted by molar-refractivity contribution is -0.149. The lowest BCUT2D eigenvalue weighted by atomic mass is 9.85. The van der Waals surface area contributed by atoms with Gasteiger partial charge in [-0.05, 0) is 19.8 Å². The summed E-state index contributed by atoms with van der Waals surface area (Å²) in [5.41, 5.74) is 5.25. The first kappa shape index (κ1) is 13.8. The summed E-state index contributed by atoms with van der Waals surface area (Å²) in [5.74, 6) is -1.06. The number of aromatic nitrogens is 1. The van der Waals surface area contributed by atoms with Gasteiger partial charge in [-0.2, -0.15) is 0 Å². The van der Waals surface area contributed by atoms with Gasteiger partial charge < -0.3 is 16.2 Å². The molecular formula is C12H17N3O3S. The first-order valence-electron chi connectivity index (χ1n) is 6.14. The zero-order valence-corrected chi connectivity index (χ0v) is 11.5. The van der Waals surface area contributed by atoms with Gasteiger partial charge in [0.25, 0.3) is 0 Å². The number of amides is 1. The maximum atomic E-state index is 11.9. The van der Waals surface area contributed by atoms with Gasteiger partial charge in [0.1, 0.15) is 0 Å². The molecule has 104 valence electrons. The van der Waals surface area contributed by atoms with E-state index in [4.69, 9.17) is 5.73 Å². The minimum Gasteiger partial charge on any atom is -0.481 e. The summed E-state index contributed by atoms with van der Waals surface area (Å²) in [6.45, 7) is 1.69. The number of carboxylic acids is 1. The Bertz CT molecular complexity index is 502. The first-order valence-corrected chi connectivity index (χ1v) is 7.02. The van der Waals surface area contributed by atoms with Crippen LogP contribution in [-0.2, 0) is 16.0 Å². The number of nitrogen functional groups attached to an aromatic ring is 1. The summed E-state index contributed by atoms with van der Waals surface area (Å²) in [7, 11) is 0. The van der Waals surface area contributed by atoms with Gasteiger partial charge in [0, 0.05) is 11.4 Å². The van der Waals surface area contributed by atoms with E-state index in [-0.39, 0.29) is 18.4 Å². The number of aliphatic carboxylic acids is 1. The van der Waals surface area contributed by atoms with E-state index in [2.05, 4.69) is 10.3 Å². The number of hydrogen-bond donors (Lipinski definition) is 3. The van der Waals surface area contributed by atoms with E-state index in [0.717, 1.165) is 6.42 Å². The van der Waals surface area contributed by atoms with Gasteiger partial charge in [0.05, 0.1) is 17.5 Å². The van der Waals surface area contributed by atoms with E-state index in [0.29, 0.717) is 23.7 Å². The Morgan fingerprint density at radius 1 is 1.68 bits per heavy atom. The van der Waals surface area contributed by atoms with Crippen LogP contribution in [0.3, 0.4) is 0 Å². The van der Waals surface area contributed by atoms with Crippen LogP contribution in [0.5, 0.6) is 0 Å². The molecule has 6 nitrogen and oxygen atoms in total. The molecule has 1 amide bonds. The van der Waals surface area contributed by atoms with Crippen LogP contribution in [0.1, 0.15) is 31.9 Å². The Labute approximate surface area is 115 Å². The predicted octanol–water partition coefficient (Wildman–Crippen LogP) is 1.03. The van der Waals surface area contributed by atoms with Crippen LogP contribution in [0.25, 0.3) is 0 Å². The molecule has 0 aliphatic heterocycles. The van der Waals surface area contributed by atoms with Crippen LogP contribution in [0, 0.1) is 5.41 Å². The number of hydrogen-bond acceptors (Lipinski definition) is 5. The average molecular weight is 283 g/mol. The van der Waals surface area contributed by atoms with Crippen molar-refractivity contribution in [2.45, 2.75) is 38.6 Å². The van der Waals surface area contributed by atoms with Gasteiger partial charge >= 0.3 is 5.97 Å². The number of nitrogens with zero attached hydrogens (tertiary/aromatic N) is 1. The van der Waals surface area contributed by atoms with Crippen molar-refractivity contribution >= 4 is 28.3 Å². The normalized spacial score (nSPS) is 26.3. The lowest BCUT2D eigenvalue weighted by Crippen LogP contribution is -2.47. The number of carbonyl (C=O) groups is 2. The van der Waals surface area contributed by atoms with Crippen molar-refractivity contribution in [3.63, 3.8) is 0 Å². The minimum absolute atomic E-state index is 0.139. The fraction of sp³-hybridized carbons (Fsp3) is 0.583. The van der Waals surface area contributed by atoms with Gasteiger partial charge in [0.2, 0.25) is 5.91 Å². The van der Waals surface area contributed by atoms with Gasteiger partial charge in [-0.3, -0.25) is 9.59 Å². The zero-order chi connectivity index (χ0) is 14.0. The van der Waals surface area contributed by atoms with Crippen LogP contribution < -0.4 is 11.1 Å². The maximum absolute atomic E-state index is 11.9. The zero-order valence-electron chi connectivity index (χ0n) is 10.7. The molecule has 1 saturated carbocycles. The third-order valence-corrected chi connectivity index (χ3v) is 4.42. The van der Waals surface area contributed by atoms with Crippen molar-refractivity contribution in [3.8, 4) is 0 Å². The van der Waals surface area contributed by atoms with E-state index in [1.807, 2.05) is 0 Å². The average Bonchev–Trinajstić information content (AvgIpc) is 2.87. The number of rotatable bonds is 4. The van der Waals surface area contributed by atoms with Crippen molar-refractivity contribution in [2.75, 3.05) is 5.73 Å². The summed E-state index contributed by atoms with van der Waals surface area (Å²) in [6, 6.07) is -0.312. The summed E-state index contributed by atoms with van der Waals surface area (Å²) in [4.78, 5) is 27.2. The van der Waals surface area contributed by atoms with Crippen LogP contribution >= 0.6 is 11.3 Å². The first-order chi connectivity index (χ1) is 8.91. The summed E-state index contributed by atoms with van der Waals surface area (Å²) in [6.07, 6.45) is 2.25. The third-order valence-electron chi connectivity index (χ3n) is 3.69. The molecule has 1 aliphatic rings. The van der Waals surface area contributed by atoms with Crippen molar-refractivity contribution < 1.29 is 14.7 Å². The molecule has 0 bridgehead atoms. The number of carbonyl (C=O) groups excluding carboxylic acids is 1. The van der Waals surface area contributed by atoms with Gasteiger partial charge in [-0.25, -0.2) is 4.98 Å². The number of thiazole rings is 1. The number of nitrogens with one attached hydrogen (secondary N) is 1. The summed E-state index contributed by atoms with van der Waals surface area (Å²) < 4.78 is 0. The molecule has 2 rings (SSSR count). The Balaban J connectivity index is 1.97. The topological polar surface area (TPSA) is 105 Å². The van der Waals surface area contributed by atoms with E-state index in [1.54, 1.807) is 12.3 Å². The molecule has 2 unspecified atom stereocenters. The van der Waals surface area contributed by atoms with E-state index >= 15 is 0 Å². The highest BCUT2D eigenvalue weighted by Crippen LogP contribution is 2.38. The molecule has 1 heterocycles. The molecule has 1 aromatic heterocycles. The molecule has 1 aliphatic carbocycles. The number of carboxylic acid groups (broad SMARTS) is 1. The van der Waals surface area contributed by atoms with Crippen LogP contribution in [0.15, 0.2) is 5.38 Å². The molecular weight excluding hydrogens is 266 g/mol. The Kier molecular flexibility index (Phi) is 3.75. The van der Waals surface area contributed by atoms with E-state index in [1.165, 1.54) is 11.3 Å². The molecule has 0 saturated heterocycles. The fourth-order valence-corrected chi connectivity index (χ4v) is 3.03. The molecule has 0 aromatic carbocycles. The minimum atomic E-state index is -0.864. The molecule has 7 heteroatoms. The highest BCUT2D eigenvalue weighted by atomic mass is 32.1. The lowest BCUT2D eigenvalue weighted by Gasteiger charge is -2.27. The molecule has 1 fully saturated rings. The quantitative estimate of drug-likeness (QED) is 0.765. The van der Waals surface area contributed by atoms with Gasteiger partial charge in [-0.1, -0.05) is 6.42 Å². The molecule has 4 N–H and O–H groups in total. The second-order valence-electron chi connectivity index (χ2n) is 5.09. The van der Waals surface area contributed by atoms with Crippen molar-refractivity contribution in [2.24, 2.45) is 5.41 Å². The van der Waals surface area contributed by atoms with Crippen molar-refractivity contribution in [1.82, 2.24) is 10.3 Å². The molecule has 0 spiro atoms. The monoisotopic (exact) mass is 283 g/mol. The molecule has 0 radical (unpaired) electrons. The number of anilines is 1. The van der Waals surface area contributed by atoms with Crippen molar-refractivity contribution in [1.29, 1.82) is 0 Å². The van der Waals surface area contributed by atoms with E-state index < -0.39 is 11.4 Å². The standard InChI is InChI=1S/C12H17N3O3S/c1-12(10(17)18)4-2-3-8(12)15-9(16)5-7-6-19-11(13)14-7/h6,8H,2-5H2,1H3,(H2,13,14)(H,15,16)(H,17,18). The highest BCUT2D eigenvalue weighted by molar-refractivity contribution is 7.13. The van der Waals surface area contributed by atoms with Gasteiger partial charge in [0.15, 0.2) is 5.13 Å². The Morgan fingerprint density at radius 3 is 3.00 bits per heavy atom. The largest absolute Gasteiger partial charge is 0.481 e. The predicted molar refractivity (Wildman–Crippen MR) is 71.8 cm³/mol. The SMILES string of the molecule is CC1(C(=O)O)CCCC1NC(=O)Cc1csc(N)n1. The van der Waals surface area contributed by atoms with Gasteiger partial charge in [-0.15, -0.1) is 11.3 Å². The summed E-state index contributed by atoms with van der Waals surface area (Å²) >= 11 is 1.29. The Hall–Kier alpha value is -1.63. The van der Waals surface area contributed by atoms with Crippen LogP contribution in [0.4, 0.5) is 5.13 Å². The third kappa shape index (κ3) is 2.86. The summed E-state index contributed by atoms with van der Waals surface area (Å²) in [5, 5.41) is 14.2.